The second kappa shape index (κ2) is 5.73. The summed E-state index contributed by atoms with van der Waals surface area (Å²) >= 11 is 3.39. The molecule has 1 unspecified atom stereocenters. The molecule has 0 bridgehead atoms. The first-order valence-corrected chi connectivity index (χ1v) is 6.60. The van der Waals surface area contributed by atoms with Crippen LogP contribution in [0.4, 0.5) is 0 Å². The van der Waals surface area contributed by atoms with Crippen molar-refractivity contribution in [2.45, 2.75) is 33.7 Å². The molecule has 1 rings (SSSR count). The molecular formula is C12H17BrN2O4. The van der Waals surface area contributed by atoms with Crippen LogP contribution in [0, 0.1) is 12.3 Å². The highest BCUT2D eigenvalue weighted by Crippen LogP contribution is 2.30. The third-order valence-electron chi connectivity index (χ3n) is 3.08. The SMILES string of the molecule is CCn1nc(C)c(Br)c1CC(C)(C(=O)O)C(=O)OC. The number of aryl methyl sites for hydroxylation is 2. The quantitative estimate of drug-likeness (QED) is 0.656. The molecule has 0 aromatic carbocycles. The average molecular weight is 333 g/mol. The summed E-state index contributed by atoms with van der Waals surface area (Å²) in [5.74, 6) is -1.99. The predicted octanol–water partition coefficient (Wildman–Crippen LogP) is 1.78. The zero-order chi connectivity index (χ0) is 14.8. The Labute approximate surface area is 119 Å². The molecule has 0 spiro atoms. The van der Waals surface area contributed by atoms with E-state index in [9.17, 15) is 14.7 Å². The summed E-state index contributed by atoms with van der Waals surface area (Å²) in [6.45, 7) is 5.67. The van der Waals surface area contributed by atoms with Gasteiger partial charge in [-0.05, 0) is 36.7 Å². The Kier molecular flexibility index (Phi) is 4.73. The Morgan fingerprint density at radius 1 is 1.53 bits per heavy atom. The smallest absolute Gasteiger partial charge is 0.323 e. The number of aliphatic carboxylic acids is 1. The van der Waals surface area contributed by atoms with Crippen LogP contribution in [0.1, 0.15) is 25.2 Å². The van der Waals surface area contributed by atoms with Gasteiger partial charge in [0.1, 0.15) is 0 Å². The van der Waals surface area contributed by atoms with Crippen molar-refractivity contribution in [3.8, 4) is 0 Å². The molecule has 1 heterocycles. The lowest BCUT2D eigenvalue weighted by Crippen LogP contribution is -2.40. The first-order valence-electron chi connectivity index (χ1n) is 5.81. The molecule has 1 aromatic rings. The van der Waals surface area contributed by atoms with Crippen LogP contribution in [0.5, 0.6) is 0 Å². The van der Waals surface area contributed by atoms with Gasteiger partial charge in [-0.15, -0.1) is 0 Å². The molecule has 6 nitrogen and oxygen atoms in total. The van der Waals surface area contributed by atoms with Gasteiger partial charge in [0.25, 0.3) is 0 Å². The molecule has 19 heavy (non-hydrogen) atoms. The van der Waals surface area contributed by atoms with Crippen LogP contribution >= 0.6 is 15.9 Å². The highest BCUT2D eigenvalue weighted by atomic mass is 79.9. The Bertz CT molecular complexity index is 512. The molecule has 0 aliphatic rings. The number of halogens is 1. The van der Waals surface area contributed by atoms with E-state index in [1.165, 1.54) is 14.0 Å². The summed E-state index contributed by atoms with van der Waals surface area (Å²) in [4.78, 5) is 23.1. The third-order valence-corrected chi connectivity index (χ3v) is 4.11. The number of nitrogens with zero attached hydrogens (tertiary/aromatic N) is 2. The number of rotatable bonds is 5. The van der Waals surface area contributed by atoms with Gasteiger partial charge in [0.2, 0.25) is 0 Å². The fourth-order valence-corrected chi connectivity index (χ4v) is 2.26. The van der Waals surface area contributed by atoms with Crippen molar-refractivity contribution in [3.63, 3.8) is 0 Å². The van der Waals surface area contributed by atoms with E-state index in [2.05, 4.69) is 25.8 Å². The van der Waals surface area contributed by atoms with Crippen LogP contribution in [0.25, 0.3) is 0 Å². The number of carboxylic acids is 1. The molecule has 0 saturated heterocycles. The summed E-state index contributed by atoms with van der Waals surface area (Å²) in [7, 11) is 1.18. The van der Waals surface area contributed by atoms with Gasteiger partial charge in [-0.1, -0.05) is 0 Å². The minimum atomic E-state index is -1.63. The van der Waals surface area contributed by atoms with Gasteiger partial charge in [-0.25, -0.2) is 0 Å². The van der Waals surface area contributed by atoms with Crippen molar-refractivity contribution in [2.24, 2.45) is 5.41 Å². The summed E-state index contributed by atoms with van der Waals surface area (Å²) in [5, 5.41) is 13.6. The Morgan fingerprint density at radius 3 is 2.53 bits per heavy atom. The second-order valence-corrected chi connectivity index (χ2v) is 5.26. The van der Waals surface area contributed by atoms with Crippen molar-refractivity contribution in [3.05, 3.63) is 15.9 Å². The van der Waals surface area contributed by atoms with Crippen molar-refractivity contribution in [1.29, 1.82) is 0 Å². The molecule has 0 aliphatic carbocycles. The maximum Gasteiger partial charge on any atom is 0.323 e. The van der Waals surface area contributed by atoms with E-state index >= 15 is 0 Å². The second-order valence-electron chi connectivity index (χ2n) is 4.47. The Balaban J connectivity index is 3.25. The minimum Gasteiger partial charge on any atom is -0.480 e. The molecule has 7 heteroatoms. The van der Waals surface area contributed by atoms with Crippen molar-refractivity contribution in [1.82, 2.24) is 9.78 Å². The number of carbonyl (C=O) groups excluding carboxylic acids is 1. The first kappa shape index (κ1) is 15.7. The zero-order valence-corrected chi connectivity index (χ0v) is 12.9. The van der Waals surface area contributed by atoms with E-state index in [0.717, 1.165) is 10.2 Å². The van der Waals surface area contributed by atoms with Crippen LogP contribution in [0.15, 0.2) is 4.47 Å². The van der Waals surface area contributed by atoms with Gasteiger partial charge in [0.05, 0.1) is 23.0 Å². The van der Waals surface area contributed by atoms with Gasteiger partial charge in [0, 0.05) is 13.0 Å². The van der Waals surface area contributed by atoms with Gasteiger partial charge < -0.3 is 9.84 Å². The number of ether oxygens (including phenoxy) is 1. The van der Waals surface area contributed by atoms with Gasteiger partial charge >= 0.3 is 11.9 Å². The topological polar surface area (TPSA) is 81.4 Å². The zero-order valence-electron chi connectivity index (χ0n) is 11.4. The molecule has 1 atom stereocenters. The number of methoxy groups -OCH3 is 1. The van der Waals surface area contributed by atoms with Crippen LogP contribution < -0.4 is 0 Å². The standard InChI is InChI=1S/C12H17BrN2O4/c1-5-15-8(9(13)7(2)14-15)6-12(3,10(16)17)11(18)19-4/h5-6H2,1-4H3,(H,16,17). The first-order chi connectivity index (χ1) is 8.77. The molecule has 0 amide bonds. The summed E-state index contributed by atoms with van der Waals surface area (Å²) in [5.41, 5.74) is -0.193. The number of carbonyl (C=O) groups is 2. The lowest BCUT2D eigenvalue weighted by molar-refractivity contribution is -0.165. The van der Waals surface area contributed by atoms with Crippen molar-refractivity contribution >= 4 is 27.9 Å². The van der Waals surface area contributed by atoms with E-state index in [4.69, 9.17) is 0 Å². The molecule has 0 saturated carbocycles. The third kappa shape index (κ3) is 2.80. The van der Waals surface area contributed by atoms with Crippen molar-refractivity contribution < 1.29 is 19.4 Å². The monoisotopic (exact) mass is 332 g/mol. The van der Waals surface area contributed by atoms with Crippen LogP contribution in [-0.2, 0) is 27.3 Å². The van der Waals surface area contributed by atoms with Gasteiger partial charge in [0.15, 0.2) is 5.41 Å². The molecule has 106 valence electrons. The number of hydrogen-bond acceptors (Lipinski definition) is 4. The molecular weight excluding hydrogens is 316 g/mol. The summed E-state index contributed by atoms with van der Waals surface area (Å²) < 4.78 is 7.02. The molecule has 1 N–H and O–H groups in total. The predicted molar refractivity (Wildman–Crippen MR) is 71.8 cm³/mol. The highest BCUT2D eigenvalue weighted by Gasteiger charge is 2.44. The largest absolute Gasteiger partial charge is 0.480 e. The lowest BCUT2D eigenvalue weighted by Gasteiger charge is -2.22. The normalized spacial score (nSPS) is 13.9. The van der Waals surface area contributed by atoms with Crippen LogP contribution in [-0.4, -0.2) is 33.9 Å². The van der Waals surface area contributed by atoms with Crippen LogP contribution in [0.2, 0.25) is 0 Å². The van der Waals surface area contributed by atoms with E-state index < -0.39 is 17.4 Å². The number of hydrogen-bond donors (Lipinski definition) is 1. The average Bonchev–Trinajstić information content (AvgIpc) is 2.64. The Hall–Kier alpha value is -1.37. The fraction of sp³-hybridized carbons (Fsp3) is 0.583. The molecule has 1 aromatic heterocycles. The van der Waals surface area contributed by atoms with Gasteiger partial charge in [-0.3, -0.25) is 14.3 Å². The molecule has 0 fully saturated rings. The Morgan fingerprint density at radius 2 is 2.11 bits per heavy atom. The van der Waals surface area contributed by atoms with E-state index in [0.29, 0.717) is 12.2 Å². The molecule has 0 radical (unpaired) electrons. The van der Waals surface area contributed by atoms with E-state index in [1.807, 2.05) is 13.8 Å². The number of aromatic nitrogens is 2. The van der Waals surface area contributed by atoms with E-state index in [-0.39, 0.29) is 6.42 Å². The maximum absolute atomic E-state index is 11.7. The van der Waals surface area contributed by atoms with Crippen LogP contribution in [0.3, 0.4) is 0 Å². The molecule has 0 aliphatic heterocycles. The lowest BCUT2D eigenvalue weighted by atomic mass is 9.85. The number of esters is 1. The summed E-state index contributed by atoms with van der Waals surface area (Å²) in [6.07, 6.45) is 0.0181. The van der Waals surface area contributed by atoms with Gasteiger partial charge in [-0.2, -0.15) is 5.10 Å². The van der Waals surface area contributed by atoms with E-state index in [1.54, 1.807) is 4.68 Å². The fourth-order valence-electron chi connectivity index (χ4n) is 1.83. The summed E-state index contributed by atoms with van der Waals surface area (Å²) in [6, 6.07) is 0. The highest BCUT2D eigenvalue weighted by molar-refractivity contribution is 9.10. The minimum absolute atomic E-state index is 0.0181. The maximum atomic E-state index is 11.7. The van der Waals surface area contributed by atoms with Crippen molar-refractivity contribution in [2.75, 3.05) is 7.11 Å². The number of carboxylic acid groups (broad SMARTS) is 1.